The predicted molar refractivity (Wildman–Crippen MR) is 230 cm³/mol. The van der Waals surface area contributed by atoms with Crippen LogP contribution in [0.3, 0.4) is 0 Å². The Balaban J connectivity index is 1.11. The molecule has 1 aromatic heterocycles. The highest BCUT2D eigenvalue weighted by Crippen LogP contribution is 2.45. The van der Waals surface area contributed by atoms with Gasteiger partial charge in [0.25, 0.3) is 0 Å². The first kappa shape index (κ1) is 32.3. The van der Waals surface area contributed by atoms with Crippen LogP contribution in [0, 0.1) is 0 Å². The summed E-state index contributed by atoms with van der Waals surface area (Å²) in [5.74, 6) is 0. The van der Waals surface area contributed by atoms with Gasteiger partial charge in [-0.1, -0.05) is 115 Å². The molecule has 0 spiro atoms. The maximum absolute atomic E-state index is 6.02. The molecule has 9 rings (SSSR count). The Morgan fingerprint density at radius 1 is 0.491 bits per heavy atom. The van der Waals surface area contributed by atoms with Crippen LogP contribution < -0.4 is 15.5 Å². The first-order valence-corrected chi connectivity index (χ1v) is 18.7. The van der Waals surface area contributed by atoms with E-state index in [1.807, 2.05) is 17.4 Å². The summed E-state index contributed by atoms with van der Waals surface area (Å²) in [5, 5.41) is 7.72. The van der Waals surface area contributed by atoms with E-state index in [9.17, 15) is 0 Å². The van der Waals surface area contributed by atoms with E-state index in [1.54, 1.807) is 6.20 Å². The molecule has 1 heterocycles. The number of rotatable bonds is 8. The van der Waals surface area contributed by atoms with Crippen LogP contribution in [0.5, 0.6) is 0 Å². The Kier molecular flexibility index (Phi) is 8.43. The molecule has 0 radical (unpaired) electrons. The summed E-state index contributed by atoms with van der Waals surface area (Å²) < 4.78 is 2.65. The minimum absolute atomic E-state index is 0.998. The largest absolute Gasteiger partial charge is 0.405 e. The summed E-state index contributed by atoms with van der Waals surface area (Å²) >= 11 is 1.88. The third-order valence-electron chi connectivity index (χ3n) is 10.0. The van der Waals surface area contributed by atoms with Crippen molar-refractivity contribution >= 4 is 81.5 Å². The SMILES string of the molecule is CC=C(C=CN)N(c1ccc(-c2ccc(N(c3ccccc3)c3ccccc3)cc2)cc1)c1ccc2c(c1)c1ccccc1c1c3ccccc3sc21. The van der Waals surface area contributed by atoms with Gasteiger partial charge in [0.1, 0.15) is 0 Å². The van der Waals surface area contributed by atoms with Gasteiger partial charge < -0.3 is 15.5 Å². The van der Waals surface area contributed by atoms with Crippen LogP contribution in [-0.2, 0) is 0 Å². The highest BCUT2D eigenvalue weighted by Gasteiger charge is 2.18. The number of anilines is 5. The number of nitrogens with zero attached hydrogens (tertiary/aromatic N) is 2. The summed E-state index contributed by atoms with van der Waals surface area (Å²) in [7, 11) is 0. The van der Waals surface area contributed by atoms with Gasteiger partial charge in [-0.05, 0) is 113 Å². The van der Waals surface area contributed by atoms with Gasteiger partial charge in [0.15, 0.2) is 0 Å². The molecule has 0 amide bonds. The monoisotopic (exact) mass is 699 g/mol. The summed E-state index contributed by atoms with van der Waals surface area (Å²) in [6.45, 7) is 2.06. The average Bonchev–Trinajstić information content (AvgIpc) is 3.62. The molecule has 0 saturated heterocycles. The fraction of sp³-hybridized carbons (Fsp3) is 0.0204. The van der Waals surface area contributed by atoms with Crippen LogP contribution >= 0.6 is 11.3 Å². The lowest BCUT2D eigenvalue weighted by Gasteiger charge is -2.27. The minimum atomic E-state index is 0.998. The second kappa shape index (κ2) is 13.8. The number of allylic oxidation sites excluding steroid dienone is 2. The molecule has 53 heavy (non-hydrogen) atoms. The molecule has 2 N–H and O–H groups in total. The van der Waals surface area contributed by atoms with E-state index >= 15 is 0 Å². The van der Waals surface area contributed by atoms with E-state index in [2.05, 4.69) is 199 Å². The maximum Gasteiger partial charge on any atom is 0.0468 e. The highest BCUT2D eigenvalue weighted by atomic mass is 32.1. The molecule has 0 saturated carbocycles. The van der Waals surface area contributed by atoms with Crippen LogP contribution in [0.1, 0.15) is 6.92 Å². The van der Waals surface area contributed by atoms with Crippen molar-refractivity contribution in [3.63, 3.8) is 0 Å². The standard InChI is InChI=1S/C49H37N3S/c1-2-36(31-32-50)51(41-29-30-44-46(33-41)42-17-9-10-18-43(42)48-45-19-11-12-20-47(45)53-49(44)48)39-25-21-34(22-26-39)35-23-27-40(28-24-35)52(37-13-5-3-6-14-37)38-15-7-4-8-16-38/h2-33H,50H2,1H3. The molecule has 0 bridgehead atoms. The molecule has 0 aliphatic rings. The quantitative estimate of drug-likeness (QED) is 0.127. The van der Waals surface area contributed by atoms with E-state index in [0.717, 1.165) is 45.3 Å². The van der Waals surface area contributed by atoms with Crippen LogP contribution in [-0.4, -0.2) is 0 Å². The summed E-state index contributed by atoms with van der Waals surface area (Å²) in [5.41, 5.74) is 14.8. The van der Waals surface area contributed by atoms with Crippen molar-refractivity contribution in [3.05, 3.63) is 200 Å². The second-order valence-corrected chi connectivity index (χ2v) is 14.1. The highest BCUT2D eigenvalue weighted by molar-refractivity contribution is 7.27. The number of benzene rings is 8. The van der Waals surface area contributed by atoms with Crippen molar-refractivity contribution in [2.75, 3.05) is 9.80 Å². The lowest BCUT2D eigenvalue weighted by molar-refractivity contribution is 1.20. The van der Waals surface area contributed by atoms with E-state index < -0.39 is 0 Å². The zero-order valence-corrected chi connectivity index (χ0v) is 30.2. The van der Waals surface area contributed by atoms with Crippen molar-refractivity contribution in [1.82, 2.24) is 0 Å². The Morgan fingerprint density at radius 3 is 1.64 bits per heavy atom. The fourth-order valence-electron chi connectivity index (χ4n) is 7.58. The Bertz CT molecular complexity index is 2740. The zero-order chi connectivity index (χ0) is 35.7. The van der Waals surface area contributed by atoms with E-state index in [-0.39, 0.29) is 0 Å². The van der Waals surface area contributed by atoms with Gasteiger partial charge in [-0.15, -0.1) is 11.3 Å². The third kappa shape index (κ3) is 5.80. The summed E-state index contributed by atoms with van der Waals surface area (Å²) in [6, 6.07) is 63.1. The molecule has 8 aromatic carbocycles. The van der Waals surface area contributed by atoms with Crippen LogP contribution in [0.2, 0.25) is 0 Å². The lowest BCUT2D eigenvalue weighted by atomic mass is 9.96. The van der Waals surface area contributed by atoms with E-state index in [4.69, 9.17) is 5.73 Å². The van der Waals surface area contributed by atoms with Crippen molar-refractivity contribution in [2.45, 2.75) is 6.92 Å². The van der Waals surface area contributed by atoms with Gasteiger partial charge in [-0.2, -0.15) is 0 Å². The van der Waals surface area contributed by atoms with Gasteiger partial charge in [0.05, 0.1) is 0 Å². The number of hydrogen-bond donors (Lipinski definition) is 1. The van der Waals surface area contributed by atoms with Gasteiger partial charge >= 0.3 is 0 Å². The summed E-state index contributed by atoms with van der Waals surface area (Å²) in [4.78, 5) is 4.57. The molecule has 9 aromatic rings. The van der Waals surface area contributed by atoms with E-state index in [0.29, 0.717) is 0 Å². The van der Waals surface area contributed by atoms with Gasteiger partial charge in [0.2, 0.25) is 0 Å². The van der Waals surface area contributed by atoms with Gasteiger partial charge in [-0.25, -0.2) is 0 Å². The number of nitrogens with two attached hydrogens (primary N) is 1. The minimum Gasteiger partial charge on any atom is -0.405 e. The Morgan fingerprint density at radius 2 is 1.02 bits per heavy atom. The average molecular weight is 700 g/mol. The molecular formula is C49H37N3S. The molecule has 3 nitrogen and oxygen atoms in total. The normalized spacial score (nSPS) is 12.0. The van der Waals surface area contributed by atoms with Crippen LogP contribution in [0.4, 0.5) is 28.4 Å². The maximum atomic E-state index is 6.02. The summed E-state index contributed by atoms with van der Waals surface area (Å²) in [6.07, 6.45) is 5.69. The molecular weight excluding hydrogens is 663 g/mol. The number of para-hydroxylation sites is 2. The molecule has 0 atom stereocenters. The first-order chi connectivity index (χ1) is 26.2. The van der Waals surface area contributed by atoms with E-state index in [1.165, 1.54) is 41.7 Å². The van der Waals surface area contributed by atoms with Gasteiger partial charge in [0, 0.05) is 59.7 Å². The predicted octanol–water partition coefficient (Wildman–Crippen LogP) is 14.0. The number of hydrogen-bond acceptors (Lipinski definition) is 4. The third-order valence-corrected chi connectivity index (χ3v) is 11.2. The molecule has 0 aliphatic carbocycles. The van der Waals surface area contributed by atoms with Crippen molar-refractivity contribution in [1.29, 1.82) is 0 Å². The van der Waals surface area contributed by atoms with Gasteiger partial charge in [-0.3, -0.25) is 0 Å². The first-order valence-electron chi connectivity index (χ1n) is 17.9. The van der Waals surface area contributed by atoms with Crippen LogP contribution in [0.15, 0.2) is 200 Å². The molecule has 0 aliphatic heterocycles. The molecule has 254 valence electrons. The van der Waals surface area contributed by atoms with Crippen molar-refractivity contribution in [2.24, 2.45) is 5.73 Å². The van der Waals surface area contributed by atoms with Crippen LogP contribution in [0.25, 0.3) is 52.8 Å². The second-order valence-electron chi connectivity index (χ2n) is 13.1. The molecule has 0 fully saturated rings. The Labute approximate surface area is 313 Å². The van der Waals surface area contributed by atoms with Crippen molar-refractivity contribution in [3.8, 4) is 11.1 Å². The smallest absolute Gasteiger partial charge is 0.0468 e. The fourth-order valence-corrected chi connectivity index (χ4v) is 8.84. The zero-order valence-electron chi connectivity index (χ0n) is 29.4. The Hall–Kier alpha value is -6.62. The number of thiophene rings is 1. The topological polar surface area (TPSA) is 32.5 Å². The van der Waals surface area contributed by atoms with Crippen molar-refractivity contribution < 1.29 is 0 Å². The molecule has 0 unspecified atom stereocenters. The lowest BCUT2D eigenvalue weighted by Crippen LogP contribution is -2.15. The molecule has 4 heteroatoms. The number of fused-ring (bicyclic) bond motifs is 8.